The first-order chi connectivity index (χ1) is 10.2. The van der Waals surface area contributed by atoms with Crippen molar-refractivity contribution < 1.29 is 0 Å². The highest BCUT2D eigenvalue weighted by molar-refractivity contribution is 6.31. The lowest BCUT2D eigenvalue weighted by Crippen LogP contribution is -2.00. The number of anilines is 1. The van der Waals surface area contributed by atoms with Crippen molar-refractivity contribution in [3.05, 3.63) is 64.4 Å². The molecule has 2 aromatic carbocycles. The van der Waals surface area contributed by atoms with E-state index in [0.717, 1.165) is 17.1 Å². The van der Waals surface area contributed by atoms with Crippen molar-refractivity contribution in [1.29, 1.82) is 0 Å². The first-order valence-electron chi connectivity index (χ1n) is 6.37. The molecule has 0 unspecified atom stereocenters. The summed E-state index contributed by atoms with van der Waals surface area (Å²) in [6, 6.07) is 14.9. The summed E-state index contributed by atoms with van der Waals surface area (Å²) in [4.78, 5) is 4.44. The maximum Gasteiger partial charge on any atom is 0.181 e. The SMILES string of the molecule is Clc1ccc(NCc2nc(-c3cccc(Cl)c3)n[nH]2)cc1. The molecular formula is C15H12Cl2N4. The predicted octanol–water partition coefficient (Wildman–Crippen LogP) is 4.39. The molecule has 6 heteroatoms. The fourth-order valence-electron chi connectivity index (χ4n) is 1.88. The molecule has 4 nitrogen and oxygen atoms in total. The zero-order valence-electron chi connectivity index (χ0n) is 11.0. The van der Waals surface area contributed by atoms with E-state index in [1.165, 1.54) is 0 Å². The Morgan fingerprint density at radius 2 is 1.81 bits per heavy atom. The van der Waals surface area contributed by atoms with Crippen LogP contribution in [0.3, 0.4) is 0 Å². The number of halogens is 2. The van der Waals surface area contributed by atoms with Crippen LogP contribution in [0.4, 0.5) is 5.69 Å². The molecule has 21 heavy (non-hydrogen) atoms. The monoisotopic (exact) mass is 318 g/mol. The van der Waals surface area contributed by atoms with E-state index in [2.05, 4.69) is 20.5 Å². The summed E-state index contributed by atoms with van der Waals surface area (Å²) in [5, 5.41) is 11.7. The molecule has 0 saturated heterocycles. The third-order valence-electron chi connectivity index (χ3n) is 2.92. The summed E-state index contributed by atoms with van der Waals surface area (Å²) in [6.45, 7) is 0.551. The number of aromatic nitrogens is 3. The van der Waals surface area contributed by atoms with E-state index < -0.39 is 0 Å². The van der Waals surface area contributed by atoms with Crippen molar-refractivity contribution in [3.8, 4) is 11.4 Å². The Bertz CT molecular complexity index is 737. The van der Waals surface area contributed by atoms with Crippen LogP contribution in [0.15, 0.2) is 48.5 Å². The van der Waals surface area contributed by atoms with Crippen molar-refractivity contribution >= 4 is 28.9 Å². The lowest BCUT2D eigenvalue weighted by molar-refractivity contribution is 0.955. The van der Waals surface area contributed by atoms with Gasteiger partial charge in [-0.1, -0.05) is 35.3 Å². The summed E-state index contributed by atoms with van der Waals surface area (Å²) in [5.74, 6) is 1.38. The number of aromatic amines is 1. The number of hydrogen-bond acceptors (Lipinski definition) is 3. The molecule has 0 amide bonds. The molecule has 0 aliphatic rings. The van der Waals surface area contributed by atoms with Crippen LogP contribution in [0, 0.1) is 0 Å². The highest BCUT2D eigenvalue weighted by atomic mass is 35.5. The van der Waals surface area contributed by atoms with Gasteiger partial charge in [0.15, 0.2) is 5.82 Å². The van der Waals surface area contributed by atoms with Gasteiger partial charge in [-0.25, -0.2) is 4.98 Å². The van der Waals surface area contributed by atoms with Gasteiger partial charge in [-0.15, -0.1) is 0 Å². The van der Waals surface area contributed by atoms with E-state index in [1.807, 2.05) is 48.5 Å². The van der Waals surface area contributed by atoms with Crippen LogP contribution in [-0.4, -0.2) is 15.2 Å². The third-order valence-corrected chi connectivity index (χ3v) is 3.41. The molecule has 0 aliphatic heterocycles. The van der Waals surface area contributed by atoms with Crippen LogP contribution >= 0.6 is 23.2 Å². The molecule has 0 atom stereocenters. The van der Waals surface area contributed by atoms with Gasteiger partial charge in [0.05, 0.1) is 6.54 Å². The molecule has 106 valence electrons. The number of nitrogens with one attached hydrogen (secondary N) is 2. The van der Waals surface area contributed by atoms with Crippen molar-refractivity contribution in [1.82, 2.24) is 15.2 Å². The van der Waals surface area contributed by atoms with Gasteiger partial charge in [0.25, 0.3) is 0 Å². The van der Waals surface area contributed by atoms with Gasteiger partial charge in [0.1, 0.15) is 5.82 Å². The van der Waals surface area contributed by atoms with Gasteiger partial charge in [0.2, 0.25) is 0 Å². The number of nitrogens with zero attached hydrogens (tertiary/aromatic N) is 2. The average Bonchev–Trinajstić information content (AvgIpc) is 2.96. The van der Waals surface area contributed by atoms with Crippen LogP contribution in [0.1, 0.15) is 5.82 Å². The minimum absolute atomic E-state index is 0.551. The molecule has 1 aromatic heterocycles. The lowest BCUT2D eigenvalue weighted by atomic mass is 10.2. The van der Waals surface area contributed by atoms with E-state index in [9.17, 15) is 0 Å². The summed E-state index contributed by atoms with van der Waals surface area (Å²) in [6.07, 6.45) is 0. The Labute approximate surface area is 132 Å². The Morgan fingerprint density at radius 3 is 2.57 bits per heavy atom. The van der Waals surface area contributed by atoms with E-state index in [-0.39, 0.29) is 0 Å². The molecule has 0 aliphatic carbocycles. The van der Waals surface area contributed by atoms with Crippen LogP contribution in [-0.2, 0) is 6.54 Å². The summed E-state index contributed by atoms with van der Waals surface area (Å²) >= 11 is 11.8. The molecule has 3 rings (SSSR count). The number of benzene rings is 2. The standard InChI is InChI=1S/C15H12Cl2N4/c16-11-4-6-13(7-5-11)18-9-14-19-15(21-20-14)10-2-1-3-12(17)8-10/h1-8,18H,9H2,(H,19,20,21). The summed E-state index contributed by atoms with van der Waals surface area (Å²) in [7, 11) is 0. The van der Waals surface area contributed by atoms with Crippen molar-refractivity contribution in [3.63, 3.8) is 0 Å². The molecule has 1 heterocycles. The molecule has 0 spiro atoms. The first-order valence-corrected chi connectivity index (χ1v) is 7.13. The topological polar surface area (TPSA) is 53.6 Å². The van der Waals surface area contributed by atoms with Gasteiger partial charge in [-0.2, -0.15) is 5.10 Å². The minimum atomic E-state index is 0.551. The quantitative estimate of drug-likeness (QED) is 0.750. The van der Waals surface area contributed by atoms with Crippen molar-refractivity contribution in [2.75, 3.05) is 5.32 Å². The highest BCUT2D eigenvalue weighted by Crippen LogP contribution is 2.19. The van der Waals surface area contributed by atoms with Crippen molar-refractivity contribution in [2.24, 2.45) is 0 Å². The smallest absolute Gasteiger partial charge is 0.181 e. The highest BCUT2D eigenvalue weighted by Gasteiger charge is 2.06. The zero-order valence-corrected chi connectivity index (χ0v) is 12.5. The van der Waals surface area contributed by atoms with Crippen LogP contribution in [0.2, 0.25) is 10.0 Å². The molecule has 0 bridgehead atoms. The Hall–Kier alpha value is -2.04. The number of H-pyrrole nitrogens is 1. The molecule has 3 aromatic rings. The summed E-state index contributed by atoms with van der Waals surface area (Å²) in [5.41, 5.74) is 1.86. The van der Waals surface area contributed by atoms with Crippen LogP contribution in [0.25, 0.3) is 11.4 Å². The molecule has 0 fully saturated rings. The Kier molecular flexibility index (Phi) is 4.08. The van der Waals surface area contributed by atoms with Gasteiger partial charge >= 0.3 is 0 Å². The van der Waals surface area contributed by atoms with E-state index in [0.29, 0.717) is 22.4 Å². The Balaban J connectivity index is 1.69. The normalized spacial score (nSPS) is 10.6. The zero-order chi connectivity index (χ0) is 14.7. The van der Waals surface area contributed by atoms with Crippen LogP contribution in [0.5, 0.6) is 0 Å². The second-order valence-corrected chi connectivity index (χ2v) is 5.35. The van der Waals surface area contributed by atoms with Crippen LogP contribution < -0.4 is 5.32 Å². The Morgan fingerprint density at radius 1 is 1.00 bits per heavy atom. The van der Waals surface area contributed by atoms with E-state index >= 15 is 0 Å². The largest absolute Gasteiger partial charge is 0.378 e. The molecular weight excluding hydrogens is 307 g/mol. The van der Waals surface area contributed by atoms with E-state index in [1.54, 1.807) is 0 Å². The third kappa shape index (κ3) is 3.54. The minimum Gasteiger partial charge on any atom is -0.378 e. The van der Waals surface area contributed by atoms with Gasteiger partial charge in [-0.3, -0.25) is 5.10 Å². The lowest BCUT2D eigenvalue weighted by Gasteiger charge is -2.03. The van der Waals surface area contributed by atoms with E-state index in [4.69, 9.17) is 23.2 Å². The molecule has 0 radical (unpaired) electrons. The second-order valence-electron chi connectivity index (χ2n) is 4.48. The van der Waals surface area contributed by atoms with Gasteiger partial charge in [-0.05, 0) is 36.4 Å². The van der Waals surface area contributed by atoms with Gasteiger partial charge in [0, 0.05) is 21.3 Å². The van der Waals surface area contributed by atoms with Crippen molar-refractivity contribution in [2.45, 2.75) is 6.54 Å². The number of hydrogen-bond donors (Lipinski definition) is 2. The maximum atomic E-state index is 5.97. The summed E-state index contributed by atoms with van der Waals surface area (Å²) < 4.78 is 0. The average molecular weight is 319 g/mol. The number of rotatable bonds is 4. The second kappa shape index (κ2) is 6.16. The molecule has 2 N–H and O–H groups in total. The predicted molar refractivity (Wildman–Crippen MR) is 85.6 cm³/mol. The fraction of sp³-hybridized carbons (Fsp3) is 0.0667. The fourth-order valence-corrected chi connectivity index (χ4v) is 2.20. The molecule has 0 saturated carbocycles. The van der Waals surface area contributed by atoms with Gasteiger partial charge < -0.3 is 5.32 Å². The first kappa shape index (κ1) is 13.9. The maximum absolute atomic E-state index is 5.97.